The molecule has 2 aromatic carbocycles. The van der Waals surface area contributed by atoms with E-state index in [4.69, 9.17) is 9.47 Å². The highest BCUT2D eigenvalue weighted by Gasteiger charge is 2.09. The molecule has 0 fully saturated rings. The van der Waals surface area contributed by atoms with E-state index in [1.54, 1.807) is 14.2 Å². The van der Waals surface area contributed by atoms with E-state index in [1.807, 2.05) is 49.4 Å². The van der Waals surface area contributed by atoms with Crippen LogP contribution in [0.2, 0.25) is 0 Å². The highest BCUT2D eigenvalue weighted by molar-refractivity contribution is 5.91. The van der Waals surface area contributed by atoms with E-state index in [-0.39, 0.29) is 5.56 Å². The molecule has 0 radical (unpaired) electrons. The third kappa shape index (κ3) is 2.44. The van der Waals surface area contributed by atoms with Gasteiger partial charge in [0.15, 0.2) is 0 Å². The second kappa shape index (κ2) is 5.56. The summed E-state index contributed by atoms with van der Waals surface area (Å²) >= 11 is 0. The quantitative estimate of drug-likeness (QED) is 0.804. The van der Waals surface area contributed by atoms with Gasteiger partial charge in [-0.15, -0.1) is 0 Å². The predicted octanol–water partition coefficient (Wildman–Crippen LogP) is 3.52. The van der Waals surface area contributed by atoms with Crippen LogP contribution in [0.5, 0.6) is 11.5 Å². The molecule has 0 aliphatic rings. The maximum atomic E-state index is 12.4. The van der Waals surface area contributed by atoms with Crippen molar-refractivity contribution in [3.63, 3.8) is 0 Å². The summed E-state index contributed by atoms with van der Waals surface area (Å²) in [5.41, 5.74) is 2.54. The van der Waals surface area contributed by atoms with Crippen molar-refractivity contribution in [1.82, 2.24) is 4.98 Å². The van der Waals surface area contributed by atoms with Crippen molar-refractivity contribution < 1.29 is 9.47 Å². The van der Waals surface area contributed by atoms with E-state index >= 15 is 0 Å². The lowest BCUT2D eigenvalue weighted by Gasteiger charge is -2.09. The standard InChI is InChI=1S/C18H17NO3/c1-11-8-15-14(17(9-11)22-3)10-16(19-18(15)20)12-4-6-13(21-2)7-5-12/h4-10H,1-3H3,(H,19,20). The van der Waals surface area contributed by atoms with Crippen LogP contribution in [-0.2, 0) is 0 Å². The van der Waals surface area contributed by atoms with Crippen LogP contribution in [0, 0.1) is 6.92 Å². The van der Waals surface area contributed by atoms with E-state index in [0.29, 0.717) is 11.1 Å². The Hall–Kier alpha value is -2.75. The van der Waals surface area contributed by atoms with Gasteiger partial charge in [0.2, 0.25) is 0 Å². The fourth-order valence-electron chi connectivity index (χ4n) is 2.57. The van der Waals surface area contributed by atoms with Crippen LogP contribution in [0.15, 0.2) is 47.3 Å². The molecule has 1 N–H and O–H groups in total. The number of methoxy groups -OCH3 is 2. The molecule has 0 saturated carbocycles. The molecular formula is C18H17NO3. The summed E-state index contributed by atoms with van der Waals surface area (Å²) in [6.45, 7) is 1.94. The van der Waals surface area contributed by atoms with E-state index < -0.39 is 0 Å². The molecule has 0 atom stereocenters. The van der Waals surface area contributed by atoms with Crippen LogP contribution >= 0.6 is 0 Å². The Balaban J connectivity index is 2.23. The number of ether oxygens (including phenoxy) is 2. The number of hydrogen-bond acceptors (Lipinski definition) is 3. The number of aryl methyl sites for hydroxylation is 1. The number of pyridine rings is 1. The molecule has 0 bridgehead atoms. The van der Waals surface area contributed by atoms with Gasteiger partial charge < -0.3 is 14.5 Å². The highest BCUT2D eigenvalue weighted by Crippen LogP contribution is 2.29. The van der Waals surface area contributed by atoms with Crippen LogP contribution in [0.1, 0.15) is 5.56 Å². The zero-order valence-electron chi connectivity index (χ0n) is 12.8. The normalized spacial score (nSPS) is 10.7. The summed E-state index contributed by atoms with van der Waals surface area (Å²) in [5, 5.41) is 1.44. The summed E-state index contributed by atoms with van der Waals surface area (Å²) in [7, 11) is 3.24. The predicted molar refractivity (Wildman–Crippen MR) is 87.8 cm³/mol. The van der Waals surface area contributed by atoms with Gasteiger partial charge in [0, 0.05) is 11.1 Å². The third-order valence-electron chi connectivity index (χ3n) is 3.69. The molecule has 1 aromatic heterocycles. The van der Waals surface area contributed by atoms with Crippen molar-refractivity contribution in [3.05, 3.63) is 58.4 Å². The number of aromatic nitrogens is 1. The minimum Gasteiger partial charge on any atom is -0.497 e. The molecule has 0 unspecified atom stereocenters. The molecule has 112 valence electrons. The van der Waals surface area contributed by atoms with Crippen LogP contribution in [0.25, 0.3) is 22.0 Å². The van der Waals surface area contributed by atoms with Gasteiger partial charge in [-0.25, -0.2) is 0 Å². The number of aromatic amines is 1. The monoisotopic (exact) mass is 295 g/mol. The van der Waals surface area contributed by atoms with Crippen LogP contribution in [-0.4, -0.2) is 19.2 Å². The van der Waals surface area contributed by atoms with Gasteiger partial charge in [-0.2, -0.15) is 0 Å². The van der Waals surface area contributed by atoms with Gasteiger partial charge in [-0.05, 0) is 60.5 Å². The smallest absolute Gasteiger partial charge is 0.256 e. The zero-order valence-corrected chi connectivity index (χ0v) is 12.8. The molecule has 1 heterocycles. The van der Waals surface area contributed by atoms with E-state index in [9.17, 15) is 4.79 Å². The van der Waals surface area contributed by atoms with Gasteiger partial charge in [-0.1, -0.05) is 0 Å². The summed E-state index contributed by atoms with van der Waals surface area (Å²) in [5.74, 6) is 1.48. The minimum atomic E-state index is -0.120. The molecule has 3 rings (SSSR count). The number of hydrogen-bond donors (Lipinski definition) is 1. The molecule has 0 aliphatic heterocycles. The van der Waals surface area contributed by atoms with Crippen molar-refractivity contribution in [2.45, 2.75) is 6.92 Å². The Morgan fingerprint density at radius 2 is 1.64 bits per heavy atom. The number of fused-ring (bicyclic) bond motifs is 1. The van der Waals surface area contributed by atoms with Crippen molar-refractivity contribution in [2.75, 3.05) is 14.2 Å². The van der Waals surface area contributed by atoms with Gasteiger partial charge >= 0.3 is 0 Å². The SMILES string of the molecule is COc1ccc(-c2cc3c(OC)cc(C)cc3c(=O)[nH]2)cc1. The Bertz CT molecular complexity index is 879. The van der Waals surface area contributed by atoms with Crippen LogP contribution < -0.4 is 15.0 Å². The fraction of sp³-hybridized carbons (Fsp3) is 0.167. The molecule has 22 heavy (non-hydrogen) atoms. The highest BCUT2D eigenvalue weighted by atomic mass is 16.5. The molecule has 3 aromatic rings. The van der Waals surface area contributed by atoms with E-state index in [1.165, 1.54) is 0 Å². The fourth-order valence-corrected chi connectivity index (χ4v) is 2.57. The first-order chi connectivity index (χ1) is 10.6. The summed E-state index contributed by atoms with van der Waals surface area (Å²) in [6, 6.07) is 13.3. The zero-order chi connectivity index (χ0) is 15.7. The Labute approximate surface area is 128 Å². The summed E-state index contributed by atoms with van der Waals surface area (Å²) in [6.07, 6.45) is 0. The van der Waals surface area contributed by atoms with Crippen molar-refractivity contribution in [1.29, 1.82) is 0 Å². The Morgan fingerprint density at radius 1 is 0.909 bits per heavy atom. The van der Waals surface area contributed by atoms with Crippen molar-refractivity contribution >= 4 is 10.8 Å². The van der Waals surface area contributed by atoms with Gasteiger partial charge in [-0.3, -0.25) is 4.79 Å². The first-order valence-electron chi connectivity index (χ1n) is 6.98. The Morgan fingerprint density at radius 3 is 2.27 bits per heavy atom. The van der Waals surface area contributed by atoms with Crippen LogP contribution in [0.4, 0.5) is 0 Å². The lowest BCUT2D eigenvalue weighted by molar-refractivity contribution is 0.415. The lowest BCUT2D eigenvalue weighted by atomic mass is 10.0. The number of rotatable bonds is 3. The second-order valence-electron chi connectivity index (χ2n) is 5.17. The van der Waals surface area contributed by atoms with E-state index in [0.717, 1.165) is 28.0 Å². The van der Waals surface area contributed by atoms with Crippen LogP contribution in [0.3, 0.4) is 0 Å². The molecule has 4 heteroatoms. The molecule has 0 saturated heterocycles. The third-order valence-corrected chi connectivity index (χ3v) is 3.69. The average Bonchev–Trinajstić information content (AvgIpc) is 2.54. The number of nitrogens with one attached hydrogen (secondary N) is 1. The maximum absolute atomic E-state index is 12.4. The van der Waals surface area contributed by atoms with Crippen molar-refractivity contribution in [2.24, 2.45) is 0 Å². The van der Waals surface area contributed by atoms with Crippen molar-refractivity contribution in [3.8, 4) is 22.8 Å². The molecule has 0 amide bonds. The lowest BCUT2D eigenvalue weighted by Crippen LogP contribution is -2.08. The first-order valence-corrected chi connectivity index (χ1v) is 6.98. The molecule has 0 aliphatic carbocycles. The Kier molecular flexibility index (Phi) is 3.59. The first kappa shape index (κ1) is 14.2. The average molecular weight is 295 g/mol. The van der Waals surface area contributed by atoms with Gasteiger partial charge in [0.1, 0.15) is 11.5 Å². The summed E-state index contributed by atoms with van der Waals surface area (Å²) in [4.78, 5) is 15.3. The summed E-state index contributed by atoms with van der Waals surface area (Å²) < 4.78 is 10.6. The molecular weight excluding hydrogens is 278 g/mol. The largest absolute Gasteiger partial charge is 0.497 e. The molecule has 0 spiro atoms. The number of H-pyrrole nitrogens is 1. The van der Waals surface area contributed by atoms with Gasteiger partial charge in [0.25, 0.3) is 5.56 Å². The number of benzene rings is 2. The van der Waals surface area contributed by atoms with Gasteiger partial charge in [0.05, 0.1) is 19.6 Å². The maximum Gasteiger partial charge on any atom is 0.256 e. The molecule has 4 nitrogen and oxygen atoms in total. The topological polar surface area (TPSA) is 51.3 Å². The minimum absolute atomic E-state index is 0.120. The van der Waals surface area contributed by atoms with E-state index in [2.05, 4.69) is 4.98 Å². The second-order valence-corrected chi connectivity index (χ2v) is 5.17.